The van der Waals surface area contributed by atoms with Gasteiger partial charge in [0.2, 0.25) is 0 Å². The second-order valence-electron chi connectivity index (χ2n) is 4.28. The van der Waals surface area contributed by atoms with E-state index in [2.05, 4.69) is 4.98 Å². The number of aryl methyl sites for hydroxylation is 1. The number of ether oxygens (including phenoxy) is 1. The molecule has 1 heterocycles. The number of nitro benzene ring substituents is 1. The lowest BCUT2D eigenvalue weighted by atomic mass is 10.2. The van der Waals surface area contributed by atoms with Gasteiger partial charge in [-0.2, -0.15) is 0 Å². The second-order valence-corrected chi connectivity index (χ2v) is 4.68. The van der Waals surface area contributed by atoms with Crippen LogP contribution < -0.4 is 4.74 Å². The van der Waals surface area contributed by atoms with Crippen molar-refractivity contribution in [2.24, 2.45) is 0 Å². The van der Waals surface area contributed by atoms with Gasteiger partial charge in [-0.25, -0.2) is 4.98 Å². The van der Waals surface area contributed by atoms with Crippen molar-refractivity contribution in [2.45, 2.75) is 13.5 Å². The molecular formula is C14H11ClN2O4. The average molecular weight is 307 g/mol. The molecule has 6 nitrogen and oxygen atoms in total. The molecule has 0 atom stereocenters. The fourth-order valence-electron chi connectivity index (χ4n) is 1.69. The van der Waals surface area contributed by atoms with Gasteiger partial charge in [0.1, 0.15) is 18.1 Å². The van der Waals surface area contributed by atoms with Gasteiger partial charge in [-0.3, -0.25) is 14.9 Å². The maximum absolute atomic E-state index is 10.9. The van der Waals surface area contributed by atoms with Gasteiger partial charge >= 0.3 is 0 Å². The minimum Gasteiger partial charge on any atom is -0.486 e. The number of pyridine rings is 1. The number of rotatable bonds is 5. The predicted octanol–water partition coefficient (Wildman–Crippen LogP) is 3.34. The van der Waals surface area contributed by atoms with E-state index in [0.717, 1.165) is 0 Å². The van der Waals surface area contributed by atoms with Crippen molar-refractivity contribution in [1.82, 2.24) is 4.98 Å². The molecule has 0 amide bonds. The molecule has 0 radical (unpaired) electrons. The average Bonchev–Trinajstić information content (AvgIpc) is 2.46. The summed E-state index contributed by atoms with van der Waals surface area (Å²) in [5.41, 5.74) is 1.40. The molecule has 1 aromatic carbocycles. The number of non-ortho nitro benzene ring substituents is 1. The molecule has 0 aliphatic heterocycles. The maximum Gasteiger partial charge on any atom is 0.270 e. The molecule has 0 aliphatic rings. The SMILES string of the molecule is Cc1ccc(OCc2ccc([N+](=O)[O-])cc2Cl)c(C=O)n1. The molecule has 2 aromatic rings. The van der Waals surface area contributed by atoms with Crippen LogP contribution >= 0.6 is 11.6 Å². The highest BCUT2D eigenvalue weighted by molar-refractivity contribution is 6.31. The van der Waals surface area contributed by atoms with E-state index in [1.165, 1.54) is 18.2 Å². The smallest absolute Gasteiger partial charge is 0.270 e. The monoisotopic (exact) mass is 306 g/mol. The van der Waals surface area contributed by atoms with Crippen molar-refractivity contribution in [3.63, 3.8) is 0 Å². The third-order valence-electron chi connectivity index (χ3n) is 2.77. The van der Waals surface area contributed by atoms with Crippen LogP contribution in [0.15, 0.2) is 30.3 Å². The van der Waals surface area contributed by atoms with Gasteiger partial charge < -0.3 is 4.74 Å². The number of carbonyl (C=O) groups excluding carboxylic acids is 1. The van der Waals surface area contributed by atoms with Crippen molar-refractivity contribution in [2.75, 3.05) is 0 Å². The molecule has 108 valence electrons. The number of benzene rings is 1. The fraction of sp³-hybridized carbons (Fsp3) is 0.143. The Bertz CT molecular complexity index is 703. The van der Waals surface area contributed by atoms with Crippen molar-refractivity contribution in [3.8, 4) is 5.75 Å². The van der Waals surface area contributed by atoms with Gasteiger partial charge in [-0.05, 0) is 25.1 Å². The summed E-state index contributed by atoms with van der Waals surface area (Å²) in [7, 11) is 0. The van der Waals surface area contributed by atoms with Gasteiger partial charge in [0.15, 0.2) is 6.29 Å². The van der Waals surface area contributed by atoms with E-state index in [0.29, 0.717) is 23.3 Å². The van der Waals surface area contributed by atoms with Gasteiger partial charge in [-0.15, -0.1) is 0 Å². The van der Waals surface area contributed by atoms with E-state index < -0.39 is 4.92 Å². The largest absolute Gasteiger partial charge is 0.486 e. The summed E-state index contributed by atoms with van der Waals surface area (Å²) < 4.78 is 5.50. The molecule has 0 unspecified atom stereocenters. The number of aromatic nitrogens is 1. The molecule has 0 bridgehead atoms. The Morgan fingerprint density at radius 3 is 2.76 bits per heavy atom. The first-order valence-corrected chi connectivity index (χ1v) is 6.37. The maximum atomic E-state index is 10.9. The molecule has 0 spiro atoms. The van der Waals surface area contributed by atoms with Gasteiger partial charge in [0.05, 0.1) is 9.95 Å². The Morgan fingerprint density at radius 1 is 1.38 bits per heavy atom. The van der Waals surface area contributed by atoms with E-state index in [4.69, 9.17) is 16.3 Å². The third-order valence-corrected chi connectivity index (χ3v) is 3.12. The Kier molecular flexibility index (Phi) is 4.49. The normalized spacial score (nSPS) is 10.2. The first kappa shape index (κ1) is 14.9. The lowest BCUT2D eigenvalue weighted by Gasteiger charge is -2.09. The van der Waals surface area contributed by atoms with Crippen molar-refractivity contribution in [1.29, 1.82) is 0 Å². The summed E-state index contributed by atoms with van der Waals surface area (Å²) in [6, 6.07) is 7.49. The first-order chi connectivity index (χ1) is 10.0. The minimum atomic E-state index is -0.523. The van der Waals surface area contributed by atoms with E-state index in [9.17, 15) is 14.9 Å². The van der Waals surface area contributed by atoms with E-state index in [-0.39, 0.29) is 23.0 Å². The molecule has 0 aliphatic carbocycles. The van der Waals surface area contributed by atoms with Crippen LogP contribution in [0.4, 0.5) is 5.69 Å². The number of halogens is 1. The Labute approximate surface area is 125 Å². The van der Waals surface area contributed by atoms with Crippen LogP contribution in [0, 0.1) is 17.0 Å². The van der Waals surface area contributed by atoms with Crippen LogP contribution in [-0.2, 0) is 6.61 Å². The number of hydrogen-bond acceptors (Lipinski definition) is 5. The summed E-state index contributed by atoms with van der Waals surface area (Å²) in [6.07, 6.45) is 0.611. The third kappa shape index (κ3) is 3.55. The predicted molar refractivity (Wildman–Crippen MR) is 76.8 cm³/mol. The van der Waals surface area contributed by atoms with E-state index in [1.807, 2.05) is 0 Å². The molecule has 0 N–H and O–H groups in total. The van der Waals surface area contributed by atoms with Crippen molar-refractivity contribution < 1.29 is 14.5 Å². The molecule has 0 saturated heterocycles. The minimum absolute atomic E-state index is 0.0857. The molecule has 1 aromatic heterocycles. The lowest BCUT2D eigenvalue weighted by Crippen LogP contribution is -2.01. The quantitative estimate of drug-likeness (QED) is 0.480. The molecule has 0 saturated carbocycles. The molecule has 7 heteroatoms. The first-order valence-electron chi connectivity index (χ1n) is 5.99. The Balaban J connectivity index is 2.17. The summed E-state index contributed by atoms with van der Waals surface area (Å²) in [5.74, 6) is 0.338. The summed E-state index contributed by atoms with van der Waals surface area (Å²) >= 11 is 5.97. The van der Waals surface area contributed by atoms with Crippen molar-refractivity contribution >= 4 is 23.6 Å². The number of hydrogen-bond donors (Lipinski definition) is 0. The lowest BCUT2D eigenvalue weighted by molar-refractivity contribution is -0.384. The van der Waals surface area contributed by atoms with Gasteiger partial charge in [0.25, 0.3) is 5.69 Å². The van der Waals surface area contributed by atoms with Gasteiger partial charge in [0, 0.05) is 23.4 Å². The zero-order valence-corrected chi connectivity index (χ0v) is 11.8. The van der Waals surface area contributed by atoms with Gasteiger partial charge in [-0.1, -0.05) is 11.6 Å². The summed E-state index contributed by atoms with van der Waals surface area (Å²) in [5, 5.41) is 10.9. The highest BCUT2D eigenvalue weighted by Gasteiger charge is 2.11. The van der Waals surface area contributed by atoms with Crippen LogP contribution in [0.2, 0.25) is 5.02 Å². The second kappa shape index (κ2) is 6.32. The highest BCUT2D eigenvalue weighted by atomic mass is 35.5. The van der Waals surface area contributed by atoms with E-state index in [1.54, 1.807) is 19.1 Å². The van der Waals surface area contributed by atoms with Crippen LogP contribution in [0.1, 0.15) is 21.7 Å². The van der Waals surface area contributed by atoms with Crippen LogP contribution in [0.5, 0.6) is 5.75 Å². The molecule has 21 heavy (non-hydrogen) atoms. The summed E-state index contributed by atoms with van der Waals surface area (Å²) in [6.45, 7) is 1.85. The van der Waals surface area contributed by atoms with E-state index >= 15 is 0 Å². The van der Waals surface area contributed by atoms with Crippen molar-refractivity contribution in [3.05, 3.63) is 62.4 Å². The number of nitro groups is 1. The molecule has 2 rings (SSSR count). The summed E-state index contributed by atoms with van der Waals surface area (Å²) in [4.78, 5) is 25.1. The van der Waals surface area contributed by atoms with Crippen LogP contribution in [0.3, 0.4) is 0 Å². The standard InChI is InChI=1S/C14H11ClN2O4/c1-9-2-5-14(13(7-18)16-9)21-8-10-3-4-11(17(19)20)6-12(10)15/h2-7H,8H2,1H3. The number of nitrogens with zero attached hydrogens (tertiary/aromatic N) is 2. The zero-order chi connectivity index (χ0) is 15.4. The Morgan fingerprint density at radius 2 is 2.14 bits per heavy atom. The number of aldehydes is 1. The molecular weight excluding hydrogens is 296 g/mol. The highest BCUT2D eigenvalue weighted by Crippen LogP contribution is 2.24. The zero-order valence-electron chi connectivity index (χ0n) is 11.1. The number of carbonyl (C=O) groups is 1. The van der Waals surface area contributed by atoms with Crippen LogP contribution in [0.25, 0.3) is 0 Å². The Hall–Kier alpha value is -2.47. The van der Waals surface area contributed by atoms with Crippen LogP contribution in [-0.4, -0.2) is 16.2 Å². The topological polar surface area (TPSA) is 82.3 Å². The molecule has 0 fully saturated rings. The fourth-order valence-corrected chi connectivity index (χ4v) is 1.92.